The minimum absolute atomic E-state index is 0.103. The van der Waals surface area contributed by atoms with Crippen LogP contribution in [0.1, 0.15) is 11.4 Å². The fourth-order valence-corrected chi connectivity index (χ4v) is 2.27. The molecule has 0 aliphatic heterocycles. The molecular formula is C17H16N4O3. The molecule has 7 nitrogen and oxygen atoms in total. The van der Waals surface area contributed by atoms with Gasteiger partial charge in [-0.25, -0.2) is 0 Å². The fourth-order valence-electron chi connectivity index (χ4n) is 2.27. The highest BCUT2D eigenvalue weighted by Crippen LogP contribution is 2.15. The second-order valence-electron chi connectivity index (χ2n) is 5.45. The first-order valence-electron chi connectivity index (χ1n) is 7.39. The van der Waals surface area contributed by atoms with Crippen LogP contribution in [0.2, 0.25) is 0 Å². The molecule has 0 saturated carbocycles. The minimum Gasteiger partial charge on any atom is -0.334 e. The Morgan fingerprint density at radius 2 is 2.08 bits per heavy atom. The number of nitrogens with zero attached hydrogens (tertiary/aromatic N) is 3. The SMILES string of the molecule is Cc1cccc(NC(=O)Cn2cc(-c3nc(C)no3)ccc2=O)c1. The van der Waals surface area contributed by atoms with Crippen molar-refractivity contribution in [2.24, 2.45) is 0 Å². The smallest absolute Gasteiger partial charge is 0.259 e. The number of hydrogen-bond donors (Lipinski definition) is 1. The molecule has 0 aliphatic carbocycles. The number of benzene rings is 1. The zero-order valence-electron chi connectivity index (χ0n) is 13.3. The van der Waals surface area contributed by atoms with Crippen LogP contribution in [-0.4, -0.2) is 20.6 Å². The second-order valence-corrected chi connectivity index (χ2v) is 5.45. The molecule has 1 aromatic carbocycles. The van der Waals surface area contributed by atoms with Crippen LogP contribution in [0.25, 0.3) is 11.5 Å². The first-order chi connectivity index (χ1) is 11.5. The highest BCUT2D eigenvalue weighted by Gasteiger charge is 2.10. The van der Waals surface area contributed by atoms with Gasteiger partial charge in [-0.05, 0) is 37.6 Å². The molecule has 0 radical (unpaired) electrons. The molecule has 0 atom stereocenters. The number of aromatic nitrogens is 3. The molecule has 0 unspecified atom stereocenters. The predicted molar refractivity (Wildman–Crippen MR) is 88.5 cm³/mol. The molecular weight excluding hydrogens is 308 g/mol. The van der Waals surface area contributed by atoms with Crippen LogP contribution in [0.15, 0.2) is 51.9 Å². The van der Waals surface area contributed by atoms with Gasteiger partial charge in [-0.1, -0.05) is 17.3 Å². The van der Waals surface area contributed by atoms with Crippen molar-refractivity contribution in [2.75, 3.05) is 5.32 Å². The van der Waals surface area contributed by atoms with Crippen LogP contribution < -0.4 is 10.9 Å². The Morgan fingerprint density at radius 1 is 1.25 bits per heavy atom. The molecule has 0 aliphatic rings. The van der Waals surface area contributed by atoms with Gasteiger partial charge in [-0.3, -0.25) is 9.59 Å². The van der Waals surface area contributed by atoms with E-state index < -0.39 is 0 Å². The summed E-state index contributed by atoms with van der Waals surface area (Å²) in [6.07, 6.45) is 1.53. The monoisotopic (exact) mass is 324 g/mol. The van der Waals surface area contributed by atoms with Gasteiger partial charge in [0, 0.05) is 18.0 Å². The number of anilines is 1. The van der Waals surface area contributed by atoms with E-state index in [2.05, 4.69) is 15.5 Å². The van der Waals surface area contributed by atoms with Crippen LogP contribution in [-0.2, 0) is 11.3 Å². The highest BCUT2D eigenvalue weighted by atomic mass is 16.5. The van der Waals surface area contributed by atoms with Crippen LogP contribution in [0.5, 0.6) is 0 Å². The van der Waals surface area contributed by atoms with E-state index >= 15 is 0 Å². The summed E-state index contributed by atoms with van der Waals surface area (Å²) in [7, 11) is 0. The van der Waals surface area contributed by atoms with Crippen molar-refractivity contribution in [3.05, 3.63) is 64.3 Å². The Hall–Kier alpha value is -3.22. The van der Waals surface area contributed by atoms with Gasteiger partial charge in [0.25, 0.3) is 11.4 Å². The van der Waals surface area contributed by atoms with Crippen LogP contribution in [0.3, 0.4) is 0 Å². The van der Waals surface area contributed by atoms with E-state index in [9.17, 15) is 9.59 Å². The van der Waals surface area contributed by atoms with E-state index in [1.165, 1.54) is 16.8 Å². The number of carbonyl (C=O) groups excluding carboxylic acids is 1. The van der Waals surface area contributed by atoms with Crippen molar-refractivity contribution in [1.82, 2.24) is 14.7 Å². The maximum atomic E-state index is 12.2. The molecule has 3 aromatic rings. The van der Waals surface area contributed by atoms with E-state index in [1.807, 2.05) is 25.1 Å². The summed E-state index contributed by atoms with van der Waals surface area (Å²) in [5.74, 6) is 0.516. The average Bonchev–Trinajstić information content (AvgIpc) is 2.96. The highest BCUT2D eigenvalue weighted by molar-refractivity contribution is 5.90. The number of amides is 1. The lowest BCUT2D eigenvalue weighted by atomic mass is 10.2. The molecule has 0 bridgehead atoms. The van der Waals surface area contributed by atoms with E-state index in [1.54, 1.807) is 19.1 Å². The van der Waals surface area contributed by atoms with Gasteiger partial charge >= 0.3 is 0 Å². The average molecular weight is 324 g/mol. The van der Waals surface area contributed by atoms with Crippen LogP contribution in [0.4, 0.5) is 5.69 Å². The largest absolute Gasteiger partial charge is 0.334 e. The normalized spacial score (nSPS) is 10.6. The third-order valence-corrected chi connectivity index (χ3v) is 3.37. The topological polar surface area (TPSA) is 90.0 Å². The number of hydrogen-bond acceptors (Lipinski definition) is 5. The van der Waals surface area contributed by atoms with Gasteiger partial charge in [0.05, 0.1) is 5.56 Å². The lowest BCUT2D eigenvalue weighted by Gasteiger charge is -2.08. The molecule has 2 aromatic heterocycles. The number of pyridine rings is 1. The van der Waals surface area contributed by atoms with E-state index in [0.29, 0.717) is 23.0 Å². The van der Waals surface area contributed by atoms with Crippen molar-refractivity contribution in [1.29, 1.82) is 0 Å². The Balaban J connectivity index is 1.79. The van der Waals surface area contributed by atoms with Crippen LogP contribution >= 0.6 is 0 Å². The summed E-state index contributed by atoms with van der Waals surface area (Å²) in [4.78, 5) is 28.3. The Labute approximate surface area is 137 Å². The third-order valence-electron chi connectivity index (χ3n) is 3.37. The minimum atomic E-state index is -0.290. The summed E-state index contributed by atoms with van der Waals surface area (Å²) in [5, 5.41) is 6.49. The first-order valence-corrected chi connectivity index (χ1v) is 7.39. The molecule has 3 rings (SSSR count). The maximum Gasteiger partial charge on any atom is 0.259 e. The number of nitrogens with one attached hydrogen (secondary N) is 1. The third kappa shape index (κ3) is 3.57. The van der Waals surface area contributed by atoms with Gasteiger partial charge < -0.3 is 14.4 Å². The Kier molecular flexibility index (Phi) is 4.24. The summed E-state index contributed by atoms with van der Waals surface area (Å²) in [5.41, 5.74) is 2.03. The summed E-state index contributed by atoms with van der Waals surface area (Å²) >= 11 is 0. The van der Waals surface area contributed by atoms with Crippen molar-refractivity contribution < 1.29 is 9.32 Å². The van der Waals surface area contributed by atoms with Gasteiger partial charge in [0.2, 0.25) is 5.91 Å². The molecule has 24 heavy (non-hydrogen) atoms. The number of rotatable bonds is 4. The lowest BCUT2D eigenvalue weighted by Crippen LogP contribution is -2.26. The molecule has 1 amide bonds. The molecule has 1 N–H and O–H groups in total. The summed E-state index contributed by atoms with van der Waals surface area (Å²) < 4.78 is 6.39. The molecule has 0 spiro atoms. The number of aryl methyl sites for hydroxylation is 2. The lowest BCUT2D eigenvalue weighted by molar-refractivity contribution is -0.116. The quantitative estimate of drug-likeness (QED) is 0.794. The van der Waals surface area contributed by atoms with Crippen molar-refractivity contribution >= 4 is 11.6 Å². The molecule has 2 heterocycles. The van der Waals surface area contributed by atoms with Crippen molar-refractivity contribution in [3.63, 3.8) is 0 Å². The molecule has 0 fully saturated rings. The standard InChI is InChI=1S/C17H16N4O3/c1-11-4-3-5-14(8-11)19-15(22)10-21-9-13(6-7-16(21)23)17-18-12(2)20-24-17/h3-9H,10H2,1-2H3,(H,19,22). The molecule has 122 valence electrons. The van der Waals surface area contributed by atoms with Crippen molar-refractivity contribution in [3.8, 4) is 11.5 Å². The first kappa shape index (κ1) is 15.7. The van der Waals surface area contributed by atoms with E-state index in [4.69, 9.17) is 4.52 Å². The molecule has 0 saturated heterocycles. The van der Waals surface area contributed by atoms with Gasteiger partial charge in [-0.15, -0.1) is 0 Å². The predicted octanol–water partition coefficient (Wildman–Crippen LogP) is 2.15. The molecule has 7 heteroatoms. The van der Waals surface area contributed by atoms with Gasteiger partial charge in [0.15, 0.2) is 5.82 Å². The Morgan fingerprint density at radius 3 is 2.79 bits per heavy atom. The summed E-state index contributed by atoms with van der Waals surface area (Å²) in [6.45, 7) is 3.54. The zero-order valence-corrected chi connectivity index (χ0v) is 13.3. The van der Waals surface area contributed by atoms with Crippen molar-refractivity contribution in [2.45, 2.75) is 20.4 Å². The maximum absolute atomic E-state index is 12.2. The summed E-state index contributed by atoms with van der Waals surface area (Å²) in [6, 6.07) is 10.4. The number of carbonyl (C=O) groups is 1. The van der Waals surface area contributed by atoms with Gasteiger partial charge in [0.1, 0.15) is 6.54 Å². The van der Waals surface area contributed by atoms with Crippen LogP contribution in [0, 0.1) is 13.8 Å². The Bertz CT molecular complexity index is 943. The zero-order chi connectivity index (χ0) is 17.1. The fraction of sp³-hybridized carbons (Fsp3) is 0.176. The second kappa shape index (κ2) is 6.49. The van der Waals surface area contributed by atoms with Gasteiger partial charge in [-0.2, -0.15) is 4.98 Å². The van der Waals surface area contributed by atoms with E-state index in [-0.39, 0.29) is 18.0 Å². The van der Waals surface area contributed by atoms with E-state index in [0.717, 1.165) is 5.56 Å².